The molecular formula is C20H20ClFN4O2S. The molecule has 1 heterocycles. The van der Waals surface area contributed by atoms with E-state index in [0.717, 1.165) is 16.8 Å². The van der Waals surface area contributed by atoms with Gasteiger partial charge < -0.3 is 14.6 Å². The molecule has 0 saturated carbocycles. The summed E-state index contributed by atoms with van der Waals surface area (Å²) in [5.41, 5.74) is 2.95. The van der Waals surface area contributed by atoms with Crippen LogP contribution in [0.3, 0.4) is 0 Å². The van der Waals surface area contributed by atoms with Crippen molar-refractivity contribution in [2.75, 3.05) is 11.1 Å². The highest BCUT2D eigenvalue weighted by Gasteiger charge is 2.13. The van der Waals surface area contributed by atoms with Crippen LogP contribution in [0.15, 0.2) is 41.6 Å². The number of rotatable bonds is 7. The van der Waals surface area contributed by atoms with E-state index >= 15 is 0 Å². The van der Waals surface area contributed by atoms with Crippen LogP contribution in [0.25, 0.3) is 0 Å². The Bertz CT molecular complexity index is 1020. The molecule has 0 bridgehead atoms. The molecule has 29 heavy (non-hydrogen) atoms. The fourth-order valence-corrected chi connectivity index (χ4v) is 3.66. The molecule has 2 aromatic carbocycles. The number of ether oxygens (including phenoxy) is 1. The van der Waals surface area contributed by atoms with Gasteiger partial charge in [-0.05, 0) is 55.3 Å². The van der Waals surface area contributed by atoms with E-state index in [2.05, 4.69) is 15.5 Å². The lowest BCUT2D eigenvalue weighted by atomic mass is 10.1. The zero-order valence-corrected chi connectivity index (χ0v) is 17.8. The Balaban J connectivity index is 1.55. The van der Waals surface area contributed by atoms with Crippen LogP contribution in [-0.4, -0.2) is 26.4 Å². The summed E-state index contributed by atoms with van der Waals surface area (Å²) in [4.78, 5) is 12.2. The third-order valence-electron chi connectivity index (χ3n) is 4.01. The normalized spacial score (nSPS) is 10.8. The van der Waals surface area contributed by atoms with E-state index in [-0.39, 0.29) is 23.3 Å². The minimum Gasteiger partial charge on any atom is -0.484 e. The first-order chi connectivity index (χ1) is 13.8. The van der Waals surface area contributed by atoms with Crippen LogP contribution in [0.5, 0.6) is 5.75 Å². The molecule has 3 aromatic rings. The predicted octanol–water partition coefficient (Wildman–Crippen LogP) is 4.53. The third-order valence-corrected chi connectivity index (χ3v) is 5.33. The molecule has 0 radical (unpaired) electrons. The van der Waals surface area contributed by atoms with Gasteiger partial charge >= 0.3 is 0 Å². The van der Waals surface area contributed by atoms with E-state index < -0.39 is 5.82 Å². The number of thioether (sulfide) groups is 1. The van der Waals surface area contributed by atoms with Crippen LogP contribution in [0, 0.1) is 19.7 Å². The van der Waals surface area contributed by atoms with Gasteiger partial charge in [0.25, 0.3) is 0 Å². The maximum Gasteiger partial charge on any atom is 0.234 e. The number of benzene rings is 2. The quantitative estimate of drug-likeness (QED) is 0.553. The first kappa shape index (κ1) is 21.1. The van der Waals surface area contributed by atoms with Crippen LogP contribution >= 0.6 is 23.4 Å². The Kier molecular flexibility index (Phi) is 6.76. The van der Waals surface area contributed by atoms with Gasteiger partial charge in [-0.3, -0.25) is 4.79 Å². The van der Waals surface area contributed by atoms with Crippen LogP contribution in [0.4, 0.5) is 10.1 Å². The molecule has 1 N–H and O–H groups in total. The number of aromatic nitrogens is 3. The fourth-order valence-electron chi connectivity index (χ4n) is 2.71. The van der Waals surface area contributed by atoms with Crippen LogP contribution in [0.2, 0.25) is 5.02 Å². The molecule has 0 spiro atoms. The zero-order chi connectivity index (χ0) is 21.0. The second-order valence-corrected chi connectivity index (χ2v) is 7.88. The minimum absolute atomic E-state index is 0.115. The highest BCUT2D eigenvalue weighted by molar-refractivity contribution is 7.99. The van der Waals surface area contributed by atoms with Gasteiger partial charge in [-0.2, -0.15) is 0 Å². The maximum atomic E-state index is 13.1. The van der Waals surface area contributed by atoms with Crippen molar-refractivity contribution in [2.24, 2.45) is 7.05 Å². The second-order valence-electron chi connectivity index (χ2n) is 6.53. The Morgan fingerprint density at radius 1 is 1.21 bits per heavy atom. The summed E-state index contributed by atoms with van der Waals surface area (Å²) in [6.45, 7) is 4.09. The van der Waals surface area contributed by atoms with Crippen LogP contribution in [-0.2, 0) is 18.4 Å². The molecule has 0 aliphatic rings. The number of anilines is 1. The summed E-state index contributed by atoms with van der Waals surface area (Å²) < 4.78 is 20.4. The maximum absolute atomic E-state index is 13.1. The van der Waals surface area contributed by atoms with Gasteiger partial charge in [-0.25, -0.2) is 4.39 Å². The molecule has 152 valence electrons. The number of nitrogens with zero attached hydrogens (tertiary/aromatic N) is 3. The minimum atomic E-state index is -0.432. The predicted molar refractivity (Wildman–Crippen MR) is 112 cm³/mol. The first-order valence-electron chi connectivity index (χ1n) is 8.79. The molecule has 0 atom stereocenters. The van der Waals surface area contributed by atoms with E-state index in [1.165, 1.54) is 30.0 Å². The summed E-state index contributed by atoms with van der Waals surface area (Å²) >= 11 is 7.23. The van der Waals surface area contributed by atoms with Crippen molar-refractivity contribution in [1.82, 2.24) is 14.8 Å². The average molecular weight is 435 g/mol. The van der Waals surface area contributed by atoms with Crippen molar-refractivity contribution in [1.29, 1.82) is 0 Å². The summed E-state index contributed by atoms with van der Waals surface area (Å²) in [5.74, 6) is 0.558. The summed E-state index contributed by atoms with van der Waals surface area (Å²) in [6, 6.07) is 9.81. The lowest BCUT2D eigenvalue weighted by Gasteiger charge is -2.09. The summed E-state index contributed by atoms with van der Waals surface area (Å²) in [6.07, 6.45) is 0. The van der Waals surface area contributed by atoms with E-state index in [0.29, 0.717) is 16.7 Å². The van der Waals surface area contributed by atoms with Gasteiger partial charge in [-0.15, -0.1) is 10.2 Å². The van der Waals surface area contributed by atoms with Crippen molar-refractivity contribution in [3.63, 3.8) is 0 Å². The third kappa shape index (κ3) is 5.71. The second kappa shape index (κ2) is 9.28. The van der Waals surface area contributed by atoms with E-state index in [9.17, 15) is 9.18 Å². The first-order valence-corrected chi connectivity index (χ1v) is 10.2. The summed E-state index contributed by atoms with van der Waals surface area (Å²) in [7, 11) is 1.79. The number of carbonyl (C=O) groups is 1. The number of hydrogen-bond donors (Lipinski definition) is 1. The Morgan fingerprint density at radius 2 is 1.93 bits per heavy atom. The van der Waals surface area contributed by atoms with Crippen molar-refractivity contribution >= 4 is 35.0 Å². The fraction of sp³-hybridized carbons (Fsp3) is 0.250. The summed E-state index contributed by atoms with van der Waals surface area (Å²) in [5, 5.41) is 11.8. The van der Waals surface area contributed by atoms with Gasteiger partial charge in [0.15, 0.2) is 11.0 Å². The number of aryl methyl sites for hydroxylation is 2. The molecule has 1 aromatic heterocycles. The number of nitrogens with one attached hydrogen (secondary N) is 1. The van der Waals surface area contributed by atoms with Gasteiger partial charge in [0.05, 0.1) is 10.8 Å². The number of amides is 1. The molecule has 0 unspecified atom stereocenters. The number of halogens is 2. The molecule has 9 heteroatoms. The Labute approximate surface area is 177 Å². The van der Waals surface area contributed by atoms with Gasteiger partial charge in [0.2, 0.25) is 5.91 Å². The largest absolute Gasteiger partial charge is 0.484 e. The molecule has 0 aliphatic heterocycles. The van der Waals surface area contributed by atoms with E-state index in [4.69, 9.17) is 16.3 Å². The van der Waals surface area contributed by atoms with E-state index in [1.807, 2.05) is 32.0 Å². The zero-order valence-electron chi connectivity index (χ0n) is 16.2. The standard InChI is InChI=1S/C20H20ClFN4O2S/c1-12-6-13(2)8-15(7-12)23-19(27)11-29-20-25-24-18(26(20)3)10-28-17-5-4-14(22)9-16(17)21/h4-9H,10-11H2,1-3H3,(H,23,27). The van der Waals surface area contributed by atoms with Crippen molar-refractivity contribution in [2.45, 2.75) is 25.6 Å². The average Bonchev–Trinajstić information content (AvgIpc) is 2.98. The van der Waals surface area contributed by atoms with Crippen molar-refractivity contribution in [3.8, 4) is 5.75 Å². The number of carbonyl (C=O) groups excluding carboxylic acids is 1. The molecule has 0 aliphatic carbocycles. The molecule has 1 amide bonds. The molecule has 0 fully saturated rings. The van der Waals surface area contributed by atoms with Crippen molar-refractivity contribution in [3.05, 3.63) is 64.2 Å². The number of hydrogen-bond acceptors (Lipinski definition) is 5. The highest BCUT2D eigenvalue weighted by Crippen LogP contribution is 2.26. The molecule has 3 rings (SSSR count). The Morgan fingerprint density at radius 3 is 2.62 bits per heavy atom. The lowest BCUT2D eigenvalue weighted by Crippen LogP contribution is -2.14. The SMILES string of the molecule is Cc1cc(C)cc(NC(=O)CSc2nnc(COc3ccc(F)cc3Cl)n2C)c1. The smallest absolute Gasteiger partial charge is 0.234 e. The van der Waals surface area contributed by atoms with Gasteiger partial charge in [0.1, 0.15) is 18.2 Å². The highest BCUT2D eigenvalue weighted by atomic mass is 35.5. The van der Waals surface area contributed by atoms with Crippen molar-refractivity contribution < 1.29 is 13.9 Å². The van der Waals surface area contributed by atoms with E-state index in [1.54, 1.807) is 11.6 Å². The van der Waals surface area contributed by atoms with Crippen LogP contribution < -0.4 is 10.1 Å². The molecular weight excluding hydrogens is 415 g/mol. The van der Waals surface area contributed by atoms with Gasteiger partial charge in [-0.1, -0.05) is 29.4 Å². The topological polar surface area (TPSA) is 69.0 Å². The van der Waals surface area contributed by atoms with Crippen LogP contribution in [0.1, 0.15) is 17.0 Å². The van der Waals surface area contributed by atoms with Gasteiger partial charge in [0, 0.05) is 12.7 Å². The molecule has 0 saturated heterocycles. The monoisotopic (exact) mass is 434 g/mol. The molecule has 6 nitrogen and oxygen atoms in total. The lowest BCUT2D eigenvalue weighted by molar-refractivity contribution is -0.113. The Hall–Kier alpha value is -2.58.